The highest BCUT2D eigenvalue weighted by molar-refractivity contribution is 6.15. The average Bonchev–Trinajstić information content (AvgIpc) is 3.64. The number of nitrogens with one attached hydrogen (secondary N) is 1. The molecule has 2 amide bonds. The number of halogens is 3. The molecule has 0 spiro atoms. The lowest BCUT2D eigenvalue weighted by molar-refractivity contribution is -0.141. The van der Waals surface area contributed by atoms with Crippen molar-refractivity contribution >= 4 is 28.4 Å². The van der Waals surface area contributed by atoms with Crippen molar-refractivity contribution in [2.75, 3.05) is 25.1 Å². The van der Waals surface area contributed by atoms with Gasteiger partial charge in [0.15, 0.2) is 5.69 Å². The van der Waals surface area contributed by atoms with E-state index < -0.39 is 17.8 Å². The lowest BCUT2D eigenvalue weighted by Gasteiger charge is -2.23. The molecule has 0 saturated carbocycles. The number of ether oxygens (including phenoxy) is 1. The molecule has 2 aromatic carbocycles. The van der Waals surface area contributed by atoms with Gasteiger partial charge in [0.1, 0.15) is 12.4 Å². The van der Waals surface area contributed by atoms with Gasteiger partial charge < -0.3 is 19.5 Å². The first-order chi connectivity index (χ1) is 21.1. The summed E-state index contributed by atoms with van der Waals surface area (Å²) in [5, 5.41) is 6.93. The summed E-state index contributed by atoms with van der Waals surface area (Å²) in [6, 6.07) is 8.61. The molecule has 44 heavy (non-hydrogen) atoms. The minimum absolute atomic E-state index is 0.00775. The number of anilines is 1. The minimum atomic E-state index is -4.74. The fourth-order valence-corrected chi connectivity index (χ4v) is 5.54. The molecule has 13 heteroatoms. The Morgan fingerprint density at radius 1 is 1.09 bits per heavy atom. The van der Waals surface area contributed by atoms with Crippen LogP contribution >= 0.6 is 0 Å². The van der Waals surface area contributed by atoms with Gasteiger partial charge in [0, 0.05) is 61.9 Å². The third-order valence-electron chi connectivity index (χ3n) is 7.55. The zero-order valence-corrected chi connectivity index (χ0v) is 24.1. The number of aryl methyl sites for hydroxylation is 2. The van der Waals surface area contributed by atoms with Crippen LogP contribution in [0.3, 0.4) is 0 Å². The van der Waals surface area contributed by atoms with Crippen LogP contribution in [0.4, 0.5) is 18.9 Å². The molecule has 226 valence electrons. The number of imidazole rings is 1. The molecular weight excluding hydrogens is 575 g/mol. The second-order valence-corrected chi connectivity index (χ2v) is 10.4. The molecule has 0 aliphatic carbocycles. The van der Waals surface area contributed by atoms with E-state index in [1.807, 2.05) is 13.0 Å². The van der Waals surface area contributed by atoms with Gasteiger partial charge >= 0.3 is 6.18 Å². The molecule has 10 nitrogen and oxygen atoms in total. The number of pyridine rings is 1. The first-order valence-electron chi connectivity index (χ1n) is 13.9. The number of alkyl halides is 3. The Bertz CT molecular complexity index is 1900. The number of aromatic nitrogens is 5. The lowest BCUT2D eigenvalue weighted by atomic mass is 9.97. The standard InChI is InChI=1S/C31H28F3N7O3/c1-4-18-11-21-25(5-6-37-26(21)22(12-18)29(42)35-2)41-9-10-44-27-20(24-16-39(3)38-28(24)31(32,33)34)13-19(14-23(27)30(41)43)15-40-8-7-36-17-40/h5-8,11-14,16-17H,4,9-10,15H2,1-3H3,(H,35,42). The number of rotatable bonds is 6. The maximum atomic E-state index is 14.4. The first kappa shape index (κ1) is 28.9. The number of carbonyl (C=O) groups is 2. The zero-order valence-electron chi connectivity index (χ0n) is 24.1. The molecule has 6 rings (SSSR count). The van der Waals surface area contributed by atoms with E-state index in [-0.39, 0.29) is 48.0 Å². The van der Waals surface area contributed by atoms with Crippen molar-refractivity contribution < 1.29 is 27.5 Å². The Morgan fingerprint density at radius 2 is 1.89 bits per heavy atom. The van der Waals surface area contributed by atoms with E-state index in [0.29, 0.717) is 34.1 Å². The van der Waals surface area contributed by atoms with Gasteiger partial charge in [0.2, 0.25) is 0 Å². The fourth-order valence-electron chi connectivity index (χ4n) is 5.54. The summed E-state index contributed by atoms with van der Waals surface area (Å²) in [5.41, 5.74) is 1.72. The number of hydrogen-bond acceptors (Lipinski definition) is 6. The molecule has 0 radical (unpaired) electrons. The van der Waals surface area contributed by atoms with Crippen LogP contribution in [0.5, 0.6) is 5.75 Å². The quantitative estimate of drug-likeness (QED) is 0.297. The third-order valence-corrected chi connectivity index (χ3v) is 7.55. The summed E-state index contributed by atoms with van der Waals surface area (Å²) in [6.45, 7) is 2.33. The second kappa shape index (κ2) is 11.1. The Morgan fingerprint density at radius 3 is 2.59 bits per heavy atom. The molecule has 4 heterocycles. The Kier molecular flexibility index (Phi) is 7.31. The number of nitrogens with zero attached hydrogens (tertiary/aromatic N) is 6. The van der Waals surface area contributed by atoms with Crippen molar-refractivity contribution in [2.24, 2.45) is 7.05 Å². The van der Waals surface area contributed by atoms with E-state index in [0.717, 1.165) is 10.2 Å². The summed E-state index contributed by atoms with van der Waals surface area (Å²) >= 11 is 0. The molecule has 0 bridgehead atoms. The summed E-state index contributed by atoms with van der Waals surface area (Å²) < 4.78 is 51.3. The van der Waals surface area contributed by atoms with Crippen molar-refractivity contribution in [2.45, 2.75) is 26.1 Å². The van der Waals surface area contributed by atoms with Crippen LogP contribution < -0.4 is 15.0 Å². The van der Waals surface area contributed by atoms with E-state index in [1.54, 1.807) is 47.6 Å². The molecule has 1 aliphatic heterocycles. The zero-order chi connectivity index (χ0) is 31.2. The van der Waals surface area contributed by atoms with Gasteiger partial charge in [-0.25, -0.2) is 4.98 Å². The highest BCUT2D eigenvalue weighted by atomic mass is 19.4. The minimum Gasteiger partial charge on any atom is -0.490 e. The van der Waals surface area contributed by atoms with Crippen LogP contribution in [0.1, 0.15) is 44.5 Å². The van der Waals surface area contributed by atoms with Gasteiger partial charge in [0.05, 0.1) is 35.2 Å². The van der Waals surface area contributed by atoms with Gasteiger partial charge in [-0.05, 0) is 47.9 Å². The molecule has 1 aliphatic rings. The molecular formula is C31H28F3N7O3. The van der Waals surface area contributed by atoms with E-state index in [9.17, 15) is 22.8 Å². The Hall–Kier alpha value is -5.20. The highest BCUT2D eigenvalue weighted by Gasteiger charge is 2.39. The summed E-state index contributed by atoms with van der Waals surface area (Å²) in [6.07, 6.45) is 3.61. The van der Waals surface area contributed by atoms with Gasteiger partial charge in [-0.3, -0.25) is 19.3 Å². The van der Waals surface area contributed by atoms with E-state index in [2.05, 4.69) is 20.4 Å². The lowest BCUT2D eigenvalue weighted by Crippen LogP contribution is -2.32. The van der Waals surface area contributed by atoms with Crippen molar-refractivity contribution in [3.05, 3.63) is 89.4 Å². The predicted octanol–water partition coefficient (Wildman–Crippen LogP) is 4.86. The number of benzene rings is 2. The Balaban J connectivity index is 1.55. The molecule has 3 aromatic heterocycles. The van der Waals surface area contributed by atoms with Crippen molar-refractivity contribution in [1.29, 1.82) is 0 Å². The van der Waals surface area contributed by atoms with Crippen molar-refractivity contribution in [1.82, 2.24) is 29.6 Å². The Labute approximate surface area is 250 Å². The highest BCUT2D eigenvalue weighted by Crippen LogP contribution is 2.43. The number of carbonyl (C=O) groups excluding carboxylic acids is 2. The molecule has 0 saturated heterocycles. The predicted molar refractivity (Wildman–Crippen MR) is 157 cm³/mol. The van der Waals surface area contributed by atoms with Crippen LogP contribution in [0, 0.1) is 0 Å². The van der Waals surface area contributed by atoms with E-state index in [1.165, 1.54) is 31.4 Å². The van der Waals surface area contributed by atoms with Crippen molar-refractivity contribution in [3.63, 3.8) is 0 Å². The van der Waals surface area contributed by atoms with Crippen LogP contribution in [0.15, 0.2) is 61.4 Å². The van der Waals surface area contributed by atoms with Gasteiger partial charge in [-0.15, -0.1) is 0 Å². The van der Waals surface area contributed by atoms with Gasteiger partial charge in [-0.1, -0.05) is 6.92 Å². The van der Waals surface area contributed by atoms with E-state index >= 15 is 0 Å². The van der Waals surface area contributed by atoms with Gasteiger partial charge in [-0.2, -0.15) is 18.3 Å². The first-order valence-corrected chi connectivity index (χ1v) is 13.9. The smallest absolute Gasteiger partial charge is 0.435 e. The van der Waals surface area contributed by atoms with Crippen LogP contribution in [-0.2, 0) is 26.2 Å². The molecule has 0 fully saturated rings. The molecule has 0 unspecified atom stereocenters. The van der Waals surface area contributed by atoms with Crippen LogP contribution in [0.25, 0.3) is 22.0 Å². The van der Waals surface area contributed by atoms with Gasteiger partial charge in [0.25, 0.3) is 11.8 Å². The van der Waals surface area contributed by atoms with Crippen molar-refractivity contribution in [3.8, 4) is 16.9 Å². The largest absolute Gasteiger partial charge is 0.490 e. The summed E-state index contributed by atoms with van der Waals surface area (Å²) in [5.74, 6) is -0.722. The maximum absolute atomic E-state index is 14.4. The average molecular weight is 604 g/mol. The number of hydrogen-bond donors (Lipinski definition) is 1. The summed E-state index contributed by atoms with van der Waals surface area (Å²) in [7, 11) is 2.95. The number of amides is 2. The normalized spacial score (nSPS) is 13.5. The fraction of sp³-hybridized carbons (Fsp3) is 0.258. The van der Waals surface area contributed by atoms with E-state index in [4.69, 9.17) is 4.74 Å². The molecule has 0 atom stereocenters. The SMILES string of the molecule is CCc1cc(C(=O)NC)c2nccc(N3CCOc4c(cc(Cn5ccnc5)cc4-c4cn(C)nc4C(F)(F)F)C3=O)c2c1. The third kappa shape index (κ3) is 5.14. The topological polar surface area (TPSA) is 107 Å². The maximum Gasteiger partial charge on any atom is 0.435 e. The van der Waals surface area contributed by atoms with Crippen LogP contribution in [0.2, 0.25) is 0 Å². The molecule has 1 N–H and O–H groups in total. The number of fused-ring (bicyclic) bond motifs is 2. The summed E-state index contributed by atoms with van der Waals surface area (Å²) in [4.78, 5) is 37.2. The monoisotopic (exact) mass is 603 g/mol. The second-order valence-electron chi connectivity index (χ2n) is 10.4. The van der Waals surface area contributed by atoms with Crippen LogP contribution in [-0.4, -0.2) is 56.3 Å². The molecule has 5 aromatic rings.